The smallest absolute Gasteiger partial charge is 0.267 e. The van der Waals surface area contributed by atoms with Gasteiger partial charge in [-0.3, -0.25) is 0 Å². The molecule has 3 aromatic heterocycles. The highest BCUT2D eigenvalue weighted by atomic mass is 15.5. The molecule has 0 aliphatic heterocycles. The minimum atomic E-state index is -0.490. The maximum atomic E-state index is 4.89. The van der Waals surface area contributed by atoms with Crippen molar-refractivity contribution in [2.75, 3.05) is 0 Å². The van der Waals surface area contributed by atoms with Crippen LogP contribution in [0.5, 0.6) is 0 Å². The molecule has 31 heavy (non-hydrogen) atoms. The number of hydrogen-bond acceptors (Lipinski definition) is 6. The lowest BCUT2D eigenvalue weighted by molar-refractivity contribution is 0.537. The van der Waals surface area contributed by atoms with Gasteiger partial charge in [-0.05, 0) is 20.8 Å². The molecule has 10 heteroatoms. The molecule has 3 aromatic rings. The second-order valence-corrected chi connectivity index (χ2v) is 11.4. The fourth-order valence-electron chi connectivity index (χ4n) is 3.12. The van der Waals surface area contributed by atoms with Gasteiger partial charge in [0.15, 0.2) is 17.5 Å². The maximum absolute atomic E-state index is 4.89. The van der Waals surface area contributed by atoms with Gasteiger partial charge in [0, 0.05) is 16.2 Å². The zero-order chi connectivity index (χ0) is 23.5. The van der Waals surface area contributed by atoms with Crippen molar-refractivity contribution in [3.8, 4) is 0 Å². The van der Waals surface area contributed by atoms with Crippen molar-refractivity contribution in [2.45, 2.75) is 99.3 Å². The van der Waals surface area contributed by atoms with Crippen LogP contribution in [0.4, 0.5) is 0 Å². The van der Waals surface area contributed by atoms with Crippen LogP contribution in [0, 0.1) is 20.8 Å². The first-order valence-electron chi connectivity index (χ1n) is 10.8. The average Bonchev–Trinajstić information content (AvgIpc) is 3.26. The van der Waals surface area contributed by atoms with Crippen LogP contribution in [-0.4, -0.2) is 51.1 Å². The van der Waals surface area contributed by atoms with Crippen LogP contribution in [0.3, 0.4) is 0 Å². The van der Waals surface area contributed by atoms with Gasteiger partial charge in [0.25, 0.3) is 7.12 Å². The van der Waals surface area contributed by atoms with Crippen molar-refractivity contribution in [1.29, 1.82) is 0 Å². The predicted molar refractivity (Wildman–Crippen MR) is 122 cm³/mol. The Morgan fingerprint density at radius 2 is 0.710 bits per heavy atom. The third-order valence-electron chi connectivity index (χ3n) is 5.07. The van der Waals surface area contributed by atoms with Crippen molar-refractivity contribution in [3.63, 3.8) is 0 Å². The molecule has 0 aromatic carbocycles. The molecule has 0 aliphatic rings. The van der Waals surface area contributed by atoms with E-state index in [1.165, 1.54) is 0 Å². The van der Waals surface area contributed by atoms with E-state index in [1.54, 1.807) is 0 Å². The summed E-state index contributed by atoms with van der Waals surface area (Å²) >= 11 is 0. The molecular weight excluding hydrogens is 389 g/mol. The van der Waals surface area contributed by atoms with Crippen molar-refractivity contribution in [3.05, 3.63) is 34.9 Å². The van der Waals surface area contributed by atoms with Crippen LogP contribution in [0.2, 0.25) is 0 Å². The predicted octanol–water partition coefficient (Wildman–Crippen LogP) is 3.21. The molecule has 169 valence electrons. The van der Waals surface area contributed by atoms with Gasteiger partial charge in [-0.25, -0.2) is 15.0 Å². The molecule has 0 amide bonds. The Bertz CT molecular complexity index is 945. The van der Waals surface area contributed by atoms with Crippen LogP contribution in [-0.2, 0) is 16.2 Å². The Labute approximate surface area is 185 Å². The second-order valence-electron chi connectivity index (χ2n) is 11.4. The monoisotopic (exact) mass is 425 g/mol. The van der Waals surface area contributed by atoms with E-state index in [0.717, 1.165) is 34.9 Å². The summed E-state index contributed by atoms with van der Waals surface area (Å²) in [6.45, 7) is 24.9. The summed E-state index contributed by atoms with van der Waals surface area (Å²) in [5.74, 6) is 4.69. The quantitative estimate of drug-likeness (QED) is 0.599. The number of nitrogens with zero attached hydrogens (tertiary/aromatic N) is 9. The first-order chi connectivity index (χ1) is 14.0. The molecule has 0 spiro atoms. The third-order valence-corrected chi connectivity index (χ3v) is 5.07. The van der Waals surface area contributed by atoms with Gasteiger partial charge in [-0.2, -0.15) is 15.3 Å². The number of aryl methyl sites for hydroxylation is 3. The molecule has 0 saturated heterocycles. The zero-order valence-electron chi connectivity index (χ0n) is 21.1. The van der Waals surface area contributed by atoms with E-state index in [9.17, 15) is 0 Å². The first-order valence-corrected chi connectivity index (χ1v) is 10.8. The first kappa shape index (κ1) is 23.2. The molecule has 3 heterocycles. The van der Waals surface area contributed by atoms with E-state index < -0.39 is 7.12 Å². The fourth-order valence-corrected chi connectivity index (χ4v) is 3.12. The van der Waals surface area contributed by atoms with Crippen molar-refractivity contribution >= 4 is 7.12 Å². The van der Waals surface area contributed by atoms with E-state index in [4.69, 9.17) is 30.2 Å². The van der Waals surface area contributed by atoms with E-state index >= 15 is 0 Å². The topological polar surface area (TPSA) is 92.1 Å². The molecule has 0 saturated carbocycles. The molecule has 1 radical (unpaired) electrons. The summed E-state index contributed by atoms with van der Waals surface area (Å²) in [6, 6.07) is 0. The molecule has 0 atom stereocenters. The summed E-state index contributed by atoms with van der Waals surface area (Å²) < 4.78 is 5.63. The second kappa shape index (κ2) is 7.27. The van der Waals surface area contributed by atoms with Crippen LogP contribution in [0.1, 0.15) is 97.3 Å². The van der Waals surface area contributed by atoms with Crippen LogP contribution >= 0.6 is 0 Å². The molecule has 0 unspecified atom stereocenters. The van der Waals surface area contributed by atoms with Gasteiger partial charge in [0.2, 0.25) is 0 Å². The Morgan fingerprint density at radius 1 is 0.484 bits per heavy atom. The van der Waals surface area contributed by atoms with Crippen molar-refractivity contribution < 1.29 is 0 Å². The summed E-state index contributed by atoms with van der Waals surface area (Å²) in [6.07, 6.45) is 0. The molecule has 3 rings (SSSR count). The summed E-state index contributed by atoms with van der Waals surface area (Å²) in [5, 5.41) is 14.7. The van der Waals surface area contributed by atoms with E-state index in [0.29, 0.717) is 0 Å². The summed E-state index contributed by atoms with van der Waals surface area (Å²) in [4.78, 5) is 14.3. The largest absolute Gasteiger partial charge is 0.406 e. The van der Waals surface area contributed by atoms with Crippen LogP contribution < -0.4 is 0 Å². The average molecular weight is 425 g/mol. The highest BCUT2D eigenvalue weighted by Crippen LogP contribution is 2.23. The van der Waals surface area contributed by atoms with Crippen molar-refractivity contribution in [1.82, 2.24) is 44.0 Å². The lowest BCUT2D eigenvalue weighted by Crippen LogP contribution is -2.46. The zero-order valence-corrected chi connectivity index (χ0v) is 21.1. The number of hydrogen-bond donors (Lipinski definition) is 0. The van der Waals surface area contributed by atoms with E-state index in [1.807, 2.05) is 34.5 Å². The van der Waals surface area contributed by atoms with Crippen LogP contribution in [0.25, 0.3) is 0 Å². The van der Waals surface area contributed by atoms with Gasteiger partial charge < -0.3 is 13.8 Å². The molecular formula is C21H36BN9-. The van der Waals surface area contributed by atoms with Gasteiger partial charge in [0.1, 0.15) is 0 Å². The number of aromatic nitrogens is 9. The number of rotatable bonds is 3. The maximum Gasteiger partial charge on any atom is 0.267 e. The Hall–Kier alpha value is -2.52. The molecule has 0 aliphatic carbocycles. The minimum Gasteiger partial charge on any atom is -0.406 e. The molecule has 0 fully saturated rings. The lowest BCUT2D eigenvalue weighted by Gasteiger charge is -2.32. The molecule has 9 nitrogen and oxygen atoms in total. The SMILES string of the molecule is Cc1nc(C(C)(C)C)nn1[B-](n1nc(C(C)(C)C)nc1C)n1nc(C(C)(C)C)nc1C. The Balaban J connectivity index is 2.28. The summed E-state index contributed by atoms with van der Waals surface area (Å²) in [7, 11) is -0.490. The normalized spacial score (nSPS) is 13.5. The highest BCUT2D eigenvalue weighted by molar-refractivity contribution is 6.53. The lowest BCUT2D eigenvalue weighted by atomic mass is 9.93. The molecule has 0 N–H and O–H groups in total. The van der Waals surface area contributed by atoms with E-state index in [-0.39, 0.29) is 16.2 Å². The van der Waals surface area contributed by atoms with Crippen LogP contribution in [0.15, 0.2) is 0 Å². The summed E-state index contributed by atoms with van der Waals surface area (Å²) in [5.41, 5.74) is -0.534. The highest BCUT2D eigenvalue weighted by Gasteiger charge is 2.28. The van der Waals surface area contributed by atoms with Gasteiger partial charge in [0.05, 0.1) is 17.5 Å². The Kier molecular flexibility index (Phi) is 5.43. The van der Waals surface area contributed by atoms with Crippen molar-refractivity contribution in [2.24, 2.45) is 0 Å². The van der Waals surface area contributed by atoms with Gasteiger partial charge in [-0.15, -0.1) is 0 Å². The Morgan fingerprint density at radius 3 is 0.871 bits per heavy atom. The van der Waals surface area contributed by atoms with E-state index in [2.05, 4.69) is 62.3 Å². The van der Waals surface area contributed by atoms with Gasteiger partial charge >= 0.3 is 0 Å². The van der Waals surface area contributed by atoms with Gasteiger partial charge in [-0.1, -0.05) is 62.3 Å². The fraction of sp³-hybridized carbons (Fsp3) is 0.714. The minimum absolute atomic E-state index is 0.178. The molecule has 0 bridgehead atoms. The standard InChI is InChI=1S/C21H36BN9/c1-13-23-16(19(4,5)6)26-29(13)22(30-14(2)24-17(27-30)20(7,8)9)31-15(3)25-18(28-31)21(10,11)12/h1-12H3/q-1. The third kappa shape index (κ3) is 4.43.